The van der Waals surface area contributed by atoms with Crippen LogP contribution < -0.4 is 9.47 Å². The molecule has 0 bridgehead atoms. The Hall–Kier alpha value is -3.34. The first kappa shape index (κ1) is 16.8. The van der Waals surface area contributed by atoms with Crippen LogP contribution in [0.25, 0.3) is 0 Å². The molecule has 0 N–H and O–H groups in total. The Labute approximate surface area is 162 Å². The highest BCUT2D eigenvalue weighted by Gasteiger charge is 2.40. The Morgan fingerprint density at radius 3 is 2.68 bits per heavy atom. The number of fused-ring (bicyclic) bond motifs is 3. The van der Waals surface area contributed by atoms with Crippen LogP contribution in [-0.4, -0.2) is 17.8 Å². The number of hydrogen-bond donors (Lipinski definition) is 0. The van der Waals surface area contributed by atoms with E-state index in [1.165, 1.54) is 12.1 Å². The molecule has 2 aliphatic rings. The third-order valence-corrected chi connectivity index (χ3v) is 5.26. The van der Waals surface area contributed by atoms with Crippen molar-refractivity contribution in [3.8, 4) is 11.5 Å². The maximum absolute atomic E-state index is 13.4. The van der Waals surface area contributed by atoms with E-state index in [4.69, 9.17) is 14.6 Å². The van der Waals surface area contributed by atoms with E-state index in [2.05, 4.69) is 6.07 Å². The number of methoxy groups -OCH3 is 1. The van der Waals surface area contributed by atoms with Gasteiger partial charge in [0.05, 0.1) is 18.9 Å². The quantitative estimate of drug-likeness (QED) is 0.641. The topological polar surface area (TPSA) is 34.1 Å². The highest BCUT2D eigenvalue weighted by Crippen LogP contribution is 2.47. The van der Waals surface area contributed by atoms with Crippen LogP contribution in [0.3, 0.4) is 0 Å². The number of hydrazone groups is 1. The Morgan fingerprint density at radius 2 is 1.86 bits per heavy atom. The van der Waals surface area contributed by atoms with Crippen LogP contribution in [0.2, 0.25) is 0 Å². The standard InChI is InChI=1S/C23H19FN2O2/c1-27-18-6-4-5-16(13-18)20-14-21-19-7-2-3-8-22(19)28-23(26(21)25-20)15-9-11-17(24)12-10-15/h2-13,21,23H,14H2,1H3. The summed E-state index contributed by atoms with van der Waals surface area (Å²) in [7, 11) is 1.66. The molecule has 5 heteroatoms. The van der Waals surface area contributed by atoms with Gasteiger partial charge in [0.2, 0.25) is 6.23 Å². The normalized spacial score (nSPS) is 20.1. The van der Waals surface area contributed by atoms with Crippen LogP contribution in [0.4, 0.5) is 4.39 Å². The zero-order chi connectivity index (χ0) is 19.1. The summed E-state index contributed by atoms with van der Waals surface area (Å²) in [5, 5.41) is 6.90. The van der Waals surface area contributed by atoms with Gasteiger partial charge in [0, 0.05) is 23.1 Å². The average molecular weight is 374 g/mol. The predicted molar refractivity (Wildman–Crippen MR) is 105 cm³/mol. The molecule has 0 aromatic heterocycles. The molecule has 4 nitrogen and oxygen atoms in total. The maximum atomic E-state index is 13.4. The zero-order valence-electron chi connectivity index (χ0n) is 15.4. The van der Waals surface area contributed by atoms with Crippen molar-refractivity contribution >= 4 is 5.71 Å². The molecular weight excluding hydrogens is 355 g/mol. The molecule has 28 heavy (non-hydrogen) atoms. The Balaban J connectivity index is 1.58. The van der Waals surface area contributed by atoms with Crippen LogP contribution in [0.5, 0.6) is 11.5 Å². The largest absolute Gasteiger partial charge is 0.497 e. The molecule has 0 spiro atoms. The Morgan fingerprint density at radius 1 is 1.04 bits per heavy atom. The van der Waals surface area contributed by atoms with Crippen LogP contribution in [0, 0.1) is 5.82 Å². The molecule has 2 unspecified atom stereocenters. The van der Waals surface area contributed by atoms with Gasteiger partial charge in [-0.2, -0.15) is 5.10 Å². The molecule has 5 rings (SSSR count). The molecule has 140 valence electrons. The van der Waals surface area contributed by atoms with Gasteiger partial charge in [0.1, 0.15) is 17.3 Å². The number of rotatable bonds is 3. The van der Waals surface area contributed by atoms with Crippen LogP contribution in [0.15, 0.2) is 77.9 Å². The minimum atomic E-state index is -0.399. The van der Waals surface area contributed by atoms with Crippen molar-refractivity contribution in [3.05, 3.63) is 95.3 Å². The van der Waals surface area contributed by atoms with E-state index in [0.717, 1.165) is 40.3 Å². The fourth-order valence-corrected chi connectivity index (χ4v) is 3.86. The van der Waals surface area contributed by atoms with E-state index in [9.17, 15) is 4.39 Å². The summed E-state index contributed by atoms with van der Waals surface area (Å²) in [5.41, 5.74) is 4.00. The summed E-state index contributed by atoms with van der Waals surface area (Å²) >= 11 is 0. The minimum Gasteiger partial charge on any atom is -0.497 e. The fraction of sp³-hybridized carbons (Fsp3) is 0.174. The molecule has 2 atom stereocenters. The van der Waals surface area contributed by atoms with E-state index in [1.54, 1.807) is 19.2 Å². The van der Waals surface area contributed by atoms with Crippen molar-refractivity contribution in [2.75, 3.05) is 7.11 Å². The lowest BCUT2D eigenvalue weighted by Gasteiger charge is -2.38. The first-order valence-corrected chi connectivity index (χ1v) is 9.24. The van der Waals surface area contributed by atoms with Gasteiger partial charge in [-0.1, -0.05) is 42.5 Å². The van der Waals surface area contributed by atoms with E-state index in [-0.39, 0.29) is 11.9 Å². The monoisotopic (exact) mass is 374 g/mol. The van der Waals surface area contributed by atoms with Gasteiger partial charge < -0.3 is 9.47 Å². The average Bonchev–Trinajstić information content (AvgIpc) is 3.20. The van der Waals surface area contributed by atoms with Crippen LogP contribution in [0.1, 0.15) is 35.4 Å². The number of hydrogen-bond acceptors (Lipinski definition) is 4. The molecule has 2 aliphatic heterocycles. The van der Waals surface area contributed by atoms with Gasteiger partial charge >= 0.3 is 0 Å². The van der Waals surface area contributed by atoms with Gasteiger partial charge in [0.15, 0.2) is 0 Å². The van der Waals surface area contributed by atoms with E-state index in [1.807, 2.05) is 47.5 Å². The highest BCUT2D eigenvalue weighted by molar-refractivity contribution is 6.02. The van der Waals surface area contributed by atoms with Crippen molar-refractivity contribution in [1.29, 1.82) is 0 Å². The molecule has 0 saturated heterocycles. The fourth-order valence-electron chi connectivity index (χ4n) is 3.86. The second-order valence-electron chi connectivity index (χ2n) is 6.94. The second-order valence-corrected chi connectivity index (χ2v) is 6.94. The number of halogens is 1. The molecule has 0 saturated carbocycles. The van der Waals surface area contributed by atoms with Crippen LogP contribution >= 0.6 is 0 Å². The van der Waals surface area contributed by atoms with Crippen molar-refractivity contribution in [2.45, 2.75) is 18.7 Å². The lowest BCUT2D eigenvalue weighted by molar-refractivity contribution is -0.0190. The maximum Gasteiger partial charge on any atom is 0.213 e. The molecule has 0 fully saturated rings. The molecule has 0 aliphatic carbocycles. The minimum absolute atomic E-state index is 0.0706. The second kappa shape index (κ2) is 6.68. The first-order chi connectivity index (χ1) is 13.7. The highest BCUT2D eigenvalue weighted by atomic mass is 19.1. The number of nitrogens with zero attached hydrogens (tertiary/aromatic N) is 2. The number of ether oxygens (including phenoxy) is 2. The lowest BCUT2D eigenvalue weighted by atomic mass is 9.96. The summed E-state index contributed by atoms with van der Waals surface area (Å²) in [6.45, 7) is 0. The smallest absolute Gasteiger partial charge is 0.213 e. The summed E-state index contributed by atoms with van der Waals surface area (Å²) in [6.07, 6.45) is 0.370. The Bertz CT molecular complexity index is 1050. The van der Waals surface area contributed by atoms with E-state index >= 15 is 0 Å². The van der Waals surface area contributed by atoms with Gasteiger partial charge in [-0.25, -0.2) is 9.40 Å². The number of para-hydroxylation sites is 1. The van der Waals surface area contributed by atoms with Crippen LogP contribution in [-0.2, 0) is 0 Å². The van der Waals surface area contributed by atoms with Gasteiger partial charge in [-0.15, -0.1) is 0 Å². The van der Waals surface area contributed by atoms with Crippen molar-refractivity contribution < 1.29 is 13.9 Å². The molecular formula is C23H19FN2O2. The van der Waals surface area contributed by atoms with Gasteiger partial charge in [-0.05, 0) is 30.3 Å². The summed E-state index contributed by atoms with van der Waals surface area (Å²) in [4.78, 5) is 0. The predicted octanol–water partition coefficient (Wildman–Crippen LogP) is 5.08. The van der Waals surface area contributed by atoms with Crippen molar-refractivity contribution in [2.24, 2.45) is 5.10 Å². The lowest BCUT2D eigenvalue weighted by Crippen LogP contribution is -2.33. The molecule has 3 aromatic rings. The van der Waals surface area contributed by atoms with E-state index in [0.29, 0.717) is 0 Å². The summed E-state index contributed by atoms with van der Waals surface area (Å²) in [5.74, 6) is 1.38. The molecule has 0 amide bonds. The number of benzene rings is 3. The molecule has 3 aromatic carbocycles. The zero-order valence-corrected chi connectivity index (χ0v) is 15.4. The van der Waals surface area contributed by atoms with Crippen molar-refractivity contribution in [3.63, 3.8) is 0 Å². The summed E-state index contributed by atoms with van der Waals surface area (Å²) in [6, 6.07) is 22.5. The van der Waals surface area contributed by atoms with Gasteiger partial charge in [-0.3, -0.25) is 0 Å². The third-order valence-electron chi connectivity index (χ3n) is 5.26. The molecule has 0 radical (unpaired) electrons. The van der Waals surface area contributed by atoms with Crippen molar-refractivity contribution in [1.82, 2.24) is 5.01 Å². The molecule has 2 heterocycles. The van der Waals surface area contributed by atoms with Gasteiger partial charge in [0.25, 0.3) is 0 Å². The third kappa shape index (κ3) is 2.80. The first-order valence-electron chi connectivity index (χ1n) is 9.24. The van der Waals surface area contributed by atoms with E-state index < -0.39 is 6.23 Å². The Kier molecular flexibility index (Phi) is 4.01. The summed E-state index contributed by atoms with van der Waals surface area (Å²) < 4.78 is 25.1. The SMILES string of the molecule is COc1cccc(C2=NN3C(C2)c2ccccc2OC3c2ccc(F)cc2)c1.